The highest BCUT2D eigenvalue weighted by Crippen LogP contribution is 2.44. The van der Waals surface area contributed by atoms with Gasteiger partial charge in [0.05, 0.1) is 39.3 Å². The van der Waals surface area contributed by atoms with Gasteiger partial charge in [-0.15, -0.1) is 0 Å². The number of thiocarbonyl (C=S) groups is 1. The summed E-state index contributed by atoms with van der Waals surface area (Å²) in [4.78, 5) is 11.7. The van der Waals surface area contributed by atoms with Gasteiger partial charge in [-0.3, -0.25) is 9.55 Å². The molecule has 192 valence electrons. The molecular formula is C28H24ClN5O2S2. The molecule has 5 aromatic rings. The Labute approximate surface area is 234 Å². The molecule has 0 unspecified atom stereocenters. The van der Waals surface area contributed by atoms with Crippen LogP contribution in [0, 0.1) is 0 Å². The molecule has 1 saturated heterocycles. The van der Waals surface area contributed by atoms with E-state index < -0.39 is 0 Å². The Morgan fingerprint density at radius 2 is 1.92 bits per heavy atom. The van der Waals surface area contributed by atoms with Crippen LogP contribution < -0.4 is 15.0 Å². The van der Waals surface area contributed by atoms with E-state index in [1.54, 1.807) is 24.6 Å². The summed E-state index contributed by atoms with van der Waals surface area (Å²) < 4.78 is 14.1. The van der Waals surface area contributed by atoms with E-state index in [9.17, 15) is 0 Å². The average Bonchev–Trinajstić information content (AvgIpc) is 3.66. The van der Waals surface area contributed by atoms with Gasteiger partial charge < -0.3 is 19.7 Å². The van der Waals surface area contributed by atoms with Crippen molar-refractivity contribution in [3.05, 3.63) is 102 Å². The number of nitrogens with zero attached hydrogens (tertiary/aromatic N) is 4. The van der Waals surface area contributed by atoms with Crippen molar-refractivity contribution in [2.24, 2.45) is 0 Å². The van der Waals surface area contributed by atoms with E-state index in [1.807, 2.05) is 66.9 Å². The number of hydrogen-bond donors (Lipinski definition) is 1. The van der Waals surface area contributed by atoms with E-state index in [0.717, 1.165) is 32.4 Å². The van der Waals surface area contributed by atoms with Crippen molar-refractivity contribution in [3.8, 4) is 10.9 Å². The van der Waals surface area contributed by atoms with Gasteiger partial charge in [-0.05, 0) is 66.8 Å². The van der Waals surface area contributed by atoms with Gasteiger partial charge in [0.1, 0.15) is 18.4 Å². The lowest BCUT2D eigenvalue weighted by atomic mass is 10.0. The summed E-state index contributed by atoms with van der Waals surface area (Å²) in [6.07, 6.45) is 3.84. The average molecular weight is 562 g/mol. The molecule has 7 nitrogen and oxygen atoms in total. The number of para-hydroxylation sites is 1. The number of halogens is 1. The molecule has 0 bridgehead atoms. The van der Waals surface area contributed by atoms with Crippen molar-refractivity contribution in [1.29, 1.82) is 0 Å². The largest absolute Gasteiger partial charge is 0.490 e. The summed E-state index contributed by atoms with van der Waals surface area (Å²) in [6.45, 7) is 0.897. The molecule has 4 heterocycles. The van der Waals surface area contributed by atoms with Crippen LogP contribution in [0.4, 0.5) is 5.69 Å². The maximum Gasteiger partial charge on any atom is 0.194 e. The van der Waals surface area contributed by atoms with Gasteiger partial charge in [0.15, 0.2) is 10.2 Å². The molecule has 2 aromatic carbocycles. The van der Waals surface area contributed by atoms with Gasteiger partial charge in [0, 0.05) is 25.2 Å². The third-order valence-corrected chi connectivity index (χ3v) is 8.05. The first-order valence-corrected chi connectivity index (χ1v) is 13.7. The van der Waals surface area contributed by atoms with Crippen molar-refractivity contribution >= 4 is 56.2 Å². The third kappa shape index (κ3) is 4.63. The zero-order valence-electron chi connectivity index (χ0n) is 20.5. The Bertz CT molecular complexity index is 1560. The predicted octanol–water partition coefficient (Wildman–Crippen LogP) is 6.34. The van der Waals surface area contributed by atoms with Gasteiger partial charge in [-0.2, -0.15) is 0 Å². The van der Waals surface area contributed by atoms with Gasteiger partial charge in [0.2, 0.25) is 0 Å². The molecule has 0 amide bonds. The maximum absolute atomic E-state index is 6.65. The molecule has 1 aliphatic heterocycles. The highest BCUT2D eigenvalue weighted by Gasteiger charge is 2.42. The minimum atomic E-state index is -0.212. The third-order valence-electron chi connectivity index (χ3n) is 6.41. The van der Waals surface area contributed by atoms with Crippen molar-refractivity contribution in [1.82, 2.24) is 19.9 Å². The minimum absolute atomic E-state index is 0.192. The van der Waals surface area contributed by atoms with Crippen LogP contribution in [0.1, 0.15) is 23.5 Å². The van der Waals surface area contributed by atoms with Gasteiger partial charge in [-0.1, -0.05) is 41.1 Å². The number of fused-ring (bicyclic) bond motifs is 1. The number of methoxy groups -OCH3 is 1. The summed E-state index contributed by atoms with van der Waals surface area (Å²) in [7, 11) is 1.64. The van der Waals surface area contributed by atoms with Crippen LogP contribution in [0.5, 0.6) is 5.75 Å². The second-order valence-electron chi connectivity index (χ2n) is 8.72. The number of thiazole rings is 1. The lowest BCUT2D eigenvalue weighted by Crippen LogP contribution is -2.30. The molecule has 0 saturated carbocycles. The van der Waals surface area contributed by atoms with Gasteiger partial charge >= 0.3 is 0 Å². The summed E-state index contributed by atoms with van der Waals surface area (Å²) in [5.41, 5.74) is 3.75. The first-order chi connectivity index (χ1) is 18.6. The van der Waals surface area contributed by atoms with Crippen molar-refractivity contribution in [2.75, 3.05) is 25.2 Å². The zero-order valence-corrected chi connectivity index (χ0v) is 22.8. The quantitative estimate of drug-likeness (QED) is 0.175. The van der Waals surface area contributed by atoms with E-state index >= 15 is 0 Å². The first-order valence-electron chi connectivity index (χ1n) is 12.1. The Hall–Kier alpha value is -3.50. The number of rotatable bonds is 8. The van der Waals surface area contributed by atoms with Crippen LogP contribution in [0.25, 0.3) is 15.3 Å². The Balaban J connectivity index is 1.44. The number of ether oxygens (including phenoxy) is 2. The molecule has 0 radical (unpaired) electrons. The van der Waals surface area contributed by atoms with Crippen LogP contribution in [0.2, 0.25) is 5.02 Å². The first kappa shape index (κ1) is 24.8. The van der Waals surface area contributed by atoms with Gasteiger partial charge in [-0.25, -0.2) is 4.98 Å². The number of aromatic nitrogens is 3. The lowest BCUT2D eigenvalue weighted by molar-refractivity contribution is 0.146. The maximum atomic E-state index is 6.65. The van der Waals surface area contributed by atoms with E-state index in [2.05, 4.69) is 31.9 Å². The van der Waals surface area contributed by atoms with Crippen LogP contribution in [-0.2, 0) is 4.74 Å². The molecule has 38 heavy (non-hydrogen) atoms. The van der Waals surface area contributed by atoms with Crippen molar-refractivity contribution < 1.29 is 9.47 Å². The second-order valence-corrected chi connectivity index (χ2v) is 10.5. The second kappa shape index (κ2) is 10.7. The molecule has 0 aliphatic carbocycles. The van der Waals surface area contributed by atoms with E-state index in [0.29, 0.717) is 29.1 Å². The Morgan fingerprint density at radius 1 is 1.05 bits per heavy atom. The van der Waals surface area contributed by atoms with Crippen LogP contribution in [0.15, 0.2) is 85.2 Å². The molecule has 6 rings (SSSR count). The lowest BCUT2D eigenvalue weighted by Gasteiger charge is -2.29. The molecule has 2 atom stereocenters. The van der Waals surface area contributed by atoms with E-state index in [1.165, 1.54) is 0 Å². The topological polar surface area (TPSA) is 64.4 Å². The molecule has 1 fully saturated rings. The number of hydrogen-bond acceptors (Lipinski definition) is 6. The van der Waals surface area contributed by atoms with Gasteiger partial charge in [0.25, 0.3) is 0 Å². The number of pyridine rings is 1. The Kier molecular flexibility index (Phi) is 6.99. The van der Waals surface area contributed by atoms with Crippen LogP contribution >= 0.6 is 35.2 Å². The smallest absolute Gasteiger partial charge is 0.194 e. The SMILES string of the molecule is COCCOc1ccc(N2C(=S)N[C@@H](c3ccccn3)[C@H]2c2cccn2-c2nc3ccccc3s2)cc1Cl. The minimum Gasteiger partial charge on any atom is -0.490 e. The number of nitrogens with one attached hydrogen (secondary N) is 1. The number of anilines is 1. The fourth-order valence-corrected chi connectivity index (χ4v) is 6.24. The van der Waals surface area contributed by atoms with E-state index in [-0.39, 0.29) is 12.1 Å². The van der Waals surface area contributed by atoms with Crippen molar-refractivity contribution in [2.45, 2.75) is 12.1 Å². The Morgan fingerprint density at radius 3 is 2.71 bits per heavy atom. The molecule has 3 aromatic heterocycles. The van der Waals surface area contributed by atoms with Crippen molar-refractivity contribution in [3.63, 3.8) is 0 Å². The fraction of sp³-hybridized carbons (Fsp3) is 0.179. The standard InChI is InChI=1S/C28H24ClN5O2S2/c1-35-15-16-36-23-12-11-18(17-19(23)29)34-26(25(32-27(34)37)21-8-4-5-13-30-21)22-9-6-14-33(22)28-31-20-7-2-3-10-24(20)38-28/h2-14,17,25-26H,15-16H2,1H3,(H,32,37)/t25-,26+/m0/s1. The molecule has 0 spiro atoms. The fourth-order valence-electron chi connectivity index (χ4n) is 4.70. The highest BCUT2D eigenvalue weighted by molar-refractivity contribution is 7.80. The summed E-state index contributed by atoms with van der Waals surface area (Å²) in [6, 6.07) is 23.6. The monoisotopic (exact) mass is 561 g/mol. The van der Waals surface area contributed by atoms with Crippen LogP contribution in [0.3, 0.4) is 0 Å². The zero-order chi connectivity index (χ0) is 26.1. The predicted molar refractivity (Wildman–Crippen MR) is 156 cm³/mol. The molecular weight excluding hydrogens is 538 g/mol. The number of benzene rings is 2. The van der Waals surface area contributed by atoms with E-state index in [4.69, 9.17) is 38.3 Å². The van der Waals surface area contributed by atoms with Crippen LogP contribution in [-0.4, -0.2) is 40.0 Å². The summed E-state index contributed by atoms with van der Waals surface area (Å²) in [5.74, 6) is 0.598. The highest BCUT2D eigenvalue weighted by atomic mass is 35.5. The molecule has 1 aliphatic rings. The molecule has 1 N–H and O–H groups in total. The molecule has 10 heteroatoms. The summed E-state index contributed by atoms with van der Waals surface area (Å²) >= 11 is 14.2. The normalized spacial score (nSPS) is 17.2. The summed E-state index contributed by atoms with van der Waals surface area (Å²) in [5, 5.41) is 5.50.